The Kier molecular flexibility index (Phi) is 4.96. The fraction of sp³-hybridized carbons (Fsp3) is 0.600. The maximum absolute atomic E-state index is 13.0. The van der Waals surface area contributed by atoms with Crippen LogP contribution in [0.15, 0.2) is 24.3 Å². The van der Waals surface area contributed by atoms with Gasteiger partial charge in [0, 0.05) is 18.3 Å². The Morgan fingerprint density at radius 2 is 1.92 bits per heavy atom. The molecule has 3 aliphatic rings. The van der Waals surface area contributed by atoms with Crippen molar-refractivity contribution in [1.82, 2.24) is 5.32 Å². The van der Waals surface area contributed by atoms with Gasteiger partial charge in [-0.3, -0.25) is 9.59 Å². The number of carbonyl (C=O) groups excluding carboxylic acids is 2. The van der Waals surface area contributed by atoms with Crippen LogP contribution in [0.2, 0.25) is 0 Å². The molecular formula is C20H30N4O2+2. The Labute approximate surface area is 155 Å². The van der Waals surface area contributed by atoms with Crippen LogP contribution in [0.4, 0.5) is 5.69 Å². The molecule has 4 rings (SSSR count). The number of hydrogen-bond donors (Lipinski definition) is 3. The zero-order valence-corrected chi connectivity index (χ0v) is 15.6. The third kappa shape index (κ3) is 3.76. The molecule has 0 bridgehead atoms. The summed E-state index contributed by atoms with van der Waals surface area (Å²) in [5, 5.41) is 3.07. The molecule has 140 valence electrons. The lowest BCUT2D eigenvalue weighted by Gasteiger charge is -2.33. The summed E-state index contributed by atoms with van der Waals surface area (Å²) in [4.78, 5) is 29.7. The molecule has 1 atom stereocenters. The molecule has 0 spiro atoms. The van der Waals surface area contributed by atoms with E-state index < -0.39 is 0 Å². The molecule has 2 fully saturated rings. The molecule has 1 saturated heterocycles. The topological polar surface area (TPSA) is 58.3 Å². The third-order valence-corrected chi connectivity index (χ3v) is 6.09. The van der Waals surface area contributed by atoms with Crippen molar-refractivity contribution in [3.05, 3.63) is 29.8 Å². The largest absolute Gasteiger partial charge is 0.348 e. The summed E-state index contributed by atoms with van der Waals surface area (Å²) in [5.74, 6) is 0.420. The van der Waals surface area contributed by atoms with E-state index in [4.69, 9.17) is 0 Å². The van der Waals surface area contributed by atoms with E-state index in [1.165, 1.54) is 15.4 Å². The van der Waals surface area contributed by atoms with E-state index in [2.05, 4.69) is 24.4 Å². The fourth-order valence-electron chi connectivity index (χ4n) is 4.24. The average molecular weight is 358 g/mol. The number of anilines is 1. The molecule has 1 aliphatic carbocycles. The van der Waals surface area contributed by atoms with Gasteiger partial charge in [-0.25, -0.2) is 0 Å². The lowest BCUT2D eigenvalue weighted by atomic mass is 10.1. The van der Waals surface area contributed by atoms with Gasteiger partial charge in [0.1, 0.15) is 26.2 Å². The summed E-state index contributed by atoms with van der Waals surface area (Å²) >= 11 is 0. The van der Waals surface area contributed by atoms with Crippen molar-refractivity contribution in [2.75, 3.05) is 44.2 Å². The molecule has 0 radical (unpaired) electrons. The number of amides is 2. The molecule has 1 saturated carbocycles. The SMILES string of the molecule is C[C@@H](C(=O)N1CCc2ccccc21)[NH+]1CC[NH+](CC(=O)NC2CC2)CC1. The first-order valence-corrected chi connectivity index (χ1v) is 9.98. The van der Waals surface area contributed by atoms with Crippen LogP contribution >= 0.6 is 0 Å². The van der Waals surface area contributed by atoms with Crippen molar-refractivity contribution < 1.29 is 19.4 Å². The quantitative estimate of drug-likeness (QED) is 0.572. The molecule has 26 heavy (non-hydrogen) atoms. The Balaban J connectivity index is 1.28. The van der Waals surface area contributed by atoms with Gasteiger partial charge in [0.05, 0.1) is 0 Å². The van der Waals surface area contributed by atoms with E-state index in [0.29, 0.717) is 12.6 Å². The standard InChI is InChI=1S/C20H28N4O2/c1-15(20(26)24-9-8-16-4-2-3-5-18(16)24)23-12-10-22(11-13-23)14-19(25)21-17-6-7-17/h2-5,15,17H,6-14H2,1H3,(H,21,25)/p+2/t15-/m0/s1. The number of carbonyl (C=O) groups is 2. The number of benzene rings is 1. The highest BCUT2D eigenvalue weighted by Gasteiger charge is 2.36. The molecule has 1 aromatic rings. The third-order valence-electron chi connectivity index (χ3n) is 6.09. The highest BCUT2D eigenvalue weighted by Crippen LogP contribution is 2.27. The lowest BCUT2D eigenvalue weighted by molar-refractivity contribution is -1.01. The first-order valence-electron chi connectivity index (χ1n) is 9.98. The number of hydrogen-bond acceptors (Lipinski definition) is 2. The summed E-state index contributed by atoms with van der Waals surface area (Å²) < 4.78 is 0. The van der Waals surface area contributed by atoms with Crippen molar-refractivity contribution in [2.24, 2.45) is 0 Å². The van der Waals surface area contributed by atoms with E-state index in [0.717, 1.165) is 57.7 Å². The van der Waals surface area contributed by atoms with E-state index in [9.17, 15) is 9.59 Å². The average Bonchev–Trinajstić information content (AvgIpc) is 3.36. The molecule has 0 unspecified atom stereocenters. The summed E-state index contributed by atoms with van der Waals surface area (Å²) in [6.45, 7) is 7.26. The van der Waals surface area contributed by atoms with Crippen LogP contribution in [0.25, 0.3) is 0 Å². The summed E-state index contributed by atoms with van der Waals surface area (Å²) in [5.41, 5.74) is 2.36. The van der Waals surface area contributed by atoms with Crippen LogP contribution in [-0.4, -0.2) is 63.2 Å². The van der Waals surface area contributed by atoms with Crippen LogP contribution < -0.4 is 20.0 Å². The first kappa shape index (κ1) is 17.5. The lowest BCUT2D eigenvalue weighted by Crippen LogP contribution is -3.30. The van der Waals surface area contributed by atoms with E-state index in [-0.39, 0.29) is 17.9 Å². The van der Waals surface area contributed by atoms with Crippen LogP contribution in [0.3, 0.4) is 0 Å². The molecule has 2 aliphatic heterocycles. The van der Waals surface area contributed by atoms with Crippen molar-refractivity contribution in [1.29, 1.82) is 0 Å². The van der Waals surface area contributed by atoms with Crippen LogP contribution in [0.5, 0.6) is 0 Å². The van der Waals surface area contributed by atoms with E-state index >= 15 is 0 Å². The number of quaternary nitrogens is 2. The summed E-state index contributed by atoms with van der Waals surface area (Å²) in [7, 11) is 0. The van der Waals surface area contributed by atoms with Crippen molar-refractivity contribution in [2.45, 2.75) is 38.3 Å². The summed E-state index contributed by atoms with van der Waals surface area (Å²) in [6, 6.07) is 8.65. The van der Waals surface area contributed by atoms with E-state index in [1.807, 2.05) is 17.0 Å². The van der Waals surface area contributed by atoms with Gasteiger partial charge in [0.15, 0.2) is 12.6 Å². The molecule has 2 heterocycles. The second-order valence-electron chi connectivity index (χ2n) is 8.02. The molecule has 1 aromatic carbocycles. The smallest absolute Gasteiger partial charge is 0.284 e. The number of rotatable bonds is 5. The van der Waals surface area contributed by atoms with Gasteiger partial charge in [-0.1, -0.05) is 18.2 Å². The van der Waals surface area contributed by atoms with Crippen molar-refractivity contribution in [3.8, 4) is 0 Å². The van der Waals surface area contributed by atoms with Crippen molar-refractivity contribution >= 4 is 17.5 Å². The minimum absolute atomic E-state index is 0.0250. The van der Waals surface area contributed by atoms with Gasteiger partial charge in [-0.05, 0) is 37.8 Å². The van der Waals surface area contributed by atoms with Crippen LogP contribution in [0, 0.1) is 0 Å². The van der Waals surface area contributed by atoms with Crippen LogP contribution in [-0.2, 0) is 16.0 Å². The highest BCUT2D eigenvalue weighted by molar-refractivity contribution is 5.97. The molecule has 6 nitrogen and oxygen atoms in total. The molecule has 3 N–H and O–H groups in total. The maximum Gasteiger partial charge on any atom is 0.284 e. The van der Waals surface area contributed by atoms with Crippen molar-refractivity contribution in [3.63, 3.8) is 0 Å². The van der Waals surface area contributed by atoms with Gasteiger partial charge in [-0.2, -0.15) is 0 Å². The number of nitrogens with one attached hydrogen (secondary N) is 3. The second-order valence-corrected chi connectivity index (χ2v) is 8.02. The molecule has 6 heteroatoms. The number of nitrogens with zero attached hydrogens (tertiary/aromatic N) is 1. The van der Waals surface area contributed by atoms with Gasteiger partial charge >= 0.3 is 0 Å². The van der Waals surface area contributed by atoms with Gasteiger partial charge in [0.25, 0.3) is 11.8 Å². The van der Waals surface area contributed by atoms with Gasteiger partial charge in [-0.15, -0.1) is 0 Å². The Hall–Kier alpha value is -1.92. The van der Waals surface area contributed by atoms with Crippen LogP contribution in [0.1, 0.15) is 25.3 Å². The molecule has 0 aromatic heterocycles. The molecular weight excluding hydrogens is 328 g/mol. The summed E-state index contributed by atoms with van der Waals surface area (Å²) in [6.07, 6.45) is 3.23. The predicted molar refractivity (Wildman–Crippen MR) is 99.4 cm³/mol. The Bertz CT molecular complexity index is 680. The monoisotopic (exact) mass is 358 g/mol. The second kappa shape index (κ2) is 7.37. The highest BCUT2D eigenvalue weighted by atomic mass is 16.2. The number of piperazine rings is 1. The van der Waals surface area contributed by atoms with Gasteiger partial charge < -0.3 is 20.0 Å². The van der Waals surface area contributed by atoms with Gasteiger partial charge in [0.2, 0.25) is 0 Å². The fourth-order valence-corrected chi connectivity index (χ4v) is 4.24. The Morgan fingerprint density at radius 3 is 2.65 bits per heavy atom. The zero-order chi connectivity index (χ0) is 18.1. The maximum atomic E-state index is 13.0. The minimum atomic E-state index is -0.0250. The number of fused-ring (bicyclic) bond motifs is 1. The van der Waals surface area contributed by atoms with E-state index in [1.54, 1.807) is 0 Å². The molecule has 2 amide bonds. The number of para-hydroxylation sites is 1. The zero-order valence-electron chi connectivity index (χ0n) is 15.6. The first-order chi connectivity index (χ1) is 12.6. The minimum Gasteiger partial charge on any atom is -0.348 e. The predicted octanol–water partition coefficient (Wildman–Crippen LogP) is -1.97. The normalized spacial score (nSPS) is 26.3. The Morgan fingerprint density at radius 1 is 1.19 bits per heavy atom.